The van der Waals surface area contributed by atoms with E-state index in [0.717, 1.165) is 12.1 Å². The van der Waals surface area contributed by atoms with E-state index in [1.807, 2.05) is 6.19 Å². The lowest BCUT2D eigenvalue weighted by atomic mass is 10.1. The maximum Gasteiger partial charge on any atom is 0.416 e. The van der Waals surface area contributed by atoms with Crippen LogP contribution in [0.2, 0.25) is 0 Å². The maximum absolute atomic E-state index is 12.8. The van der Waals surface area contributed by atoms with Crippen molar-refractivity contribution in [3.05, 3.63) is 35.9 Å². The van der Waals surface area contributed by atoms with Gasteiger partial charge in [-0.15, -0.1) is 0 Å². The molecule has 0 aliphatic carbocycles. The minimum Gasteiger partial charge on any atom is -0.385 e. The third kappa shape index (κ3) is 3.94. The Hall–Kier alpha value is -3.06. The molecule has 1 fully saturated rings. The van der Waals surface area contributed by atoms with Crippen LogP contribution in [0.15, 0.2) is 39.8 Å². The van der Waals surface area contributed by atoms with Crippen LogP contribution in [0.3, 0.4) is 0 Å². The molecule has 1 saturated heterocycles. The van der Waals surface area contributed by atoms with Crippen molar-refractivity contribution >= 4 is 11.7 Å². The number of ether oxygens (including phenoxy) is 1. The van der Waals surface area contributed by atoms with E-state index in [2.05, 4.69) is 10.1 Å². The number of amidine groups is 1. The van der Waals surface area contributed by atoms with Gasteiger partial charge in [0.2, 0.25) is 0 Å². The Labute approximate surface area is 146 Å². The highest BCUT2D eigenvalue weighted by Gasteiger charge is 2.30. The number of benzene rings is 1. The number of aromatic nitrogens is 1. The van der Waals surface area contributed by atoms with Crippen molar-refractivity contribution in [3.8, 4) is 17.5 Å². The number of aliphatic imine (C=N–C) groups is 1. The zero-order chi connectivity index (χ0) is 18.7. The van der Waals surface area contributed by atoms with Gasteiger partial charge in [-0.2, -0.15) is 23.4 Å². The van der Waals surface area contributed by atoms with Crippen LogP contribution >= 0.6 is 0 Å². The predicted octanol–water partition coefficient (Wildman–Crippen LogP) is 2.53. The van der Waals surface area contributed by atoms with E-state index in [1.165, 1.54) is 23.1 Å². The Morgan fingerprint density at radius 2 is 2.19 bits per heavy atom. The summed E-state index contributed by atoms with van der Waals surface area (Å²) in [7, 11) is 0. The Kier molecular flexibility index (Phi) is 4.81. The van der Waals surface area contributed by atoms with Gasteiger partial charge in [0.05, 0.1) is 25.3 Å². The molecule has 1 aliphatic rings. The summed E-state index contributed by atoms with van der Waals surface area (Å²) in [5.41, 5.74) is 5.54. The topological polar surface area (TPSA) is 101 Å². The molecule has 1 atom stereocenters. The molecule has 10 heteroatoms. The number of nitriles is 1. The number of rotatable bonds is 3. The second kappa shape index (κ2) is 7.05. The van der Waals surface area contributed by atoms with Crippen LogP contribution in [-0.2, 0) is 10.9 Å². The SMILES string of the molecule is N#CN1CCOC(C(N)=Nc2cc(-c3cccc(C(F)(F)F)c3)no2)C1. The van der Waals surface area contributed by atoms with Crippen LogP contribution < -0.4 is 5.73 Å². The number of alkyl halides is 3. The molecule has 2 aromatic rings. The summed E-state index contributed by atoms with van der Waals surface area (Å²) < 4.78 is 48.9. The molecule has 2 heterocycles. The van der Waals surface area contributed by atoms with Gasteiger partial charge in [0, 0.05) is 11.6 Å². The number of halogens is 3. The van der Waals surface area contributed by atoms with E-state index in [9.17, 15) is 13.2 Å². The fourth-order valence-corrected chi connectivity index (χ4v) is 2.43. The van der Waals surface area contributed by atoms with Crippen LogP contribution in [0, 0.1) is 11.5 Å². The first-order valence-corrected chi connectivity index (χ1v) is 7.61. The van der Waals surface area contributed by atoms with Crippen LogP contribution in [0.25, 0.3) is 11.3 Å². The highest BCUT2D eigenvalue weighted by Crippen LogP contribution is 2.32. The molecular formula is C16H14F3N5O2. The standard InChI is InChI=1S/C16H14F3N5O2/c17-16(18,19)11-3-1-2-10(6-11)12-7-14(26-23-12)22-15(21)13-8-24(9-20)4-5-25-13/h1-3,6-7,13H,4-5,8H2,(H2,21,22). The zero-order valence-electron chi connectivity index (χ0n) is 13.4. The lowest BCUT2D eigenvalue weighted by molar-refractivity contribution is -0.137. The average molecular weight is 365 g/mol. The van der Waals surface area contributed by atoms with Crippen molar-refractivity contribution in [2.24, 2.45) is 10.7 Å². The molecule has 2 N–H and O–H groups in total. The number of nitrogens with zero attached hydrogens (tertiary/aromatic N) is 4. The summed E-state index contributed by atoms with van der Waals surface area (Å²) >= 11 is 0. The molecule has 1 aromatic heterocycles. The first-order chi connectivity index (χ1) is 12.4. The van der Waals surface area contributed by atoms with Gasteiger partial charge in [-0.3, -0.25) is 0 Å². The lowest BCUT2D eigenvalue weighted by Gasteiger charge is -2.28. The van der Waals surface area contributed by atoms with Crippen molar-refractivity contribution in [3.63, 3.8) is 0 Å². The molecule has 0 radical (unpaired) electrons. The van der Waals surface area contributed by atoms with Gasteiger partial charge in [0.15, 0.2) is 6.19 Å². The fourth-order valence-electron chi connectivity index (χ4n) is 2.43. The number of morpholine rings is 1. The number of nitrogens with two attached hydrogens (primary N) is 1. The molecule has 0 saturated carbocycles. The first kappa shape index (κ1) is 17.8. The Morgan fingerprint density at radius 1 is 1.38 bits per heavy atom. The predicted molar refractivity (Wildman–Crippen MR) is 85.1 cm³/mol. The number of hydrogen-bond acceptors (Lipinski definition) is 6. The Balaban J connectivity index is 1.79. The molecular weight excluding hydrogens is 351 g/mol. The fraction of sp³-hybridized carbons (Fsp3) is 0.312. The molecule has 1 aromatic carbocycles. The normalized spacial score (nSPS) is 18.6. The third-order valence-electron chi connectivity index (χ3n) is 3.76. The van der Waals surface area contributed by atoms with Crippen molar-refractivity contribution < 1.29 is 22.4 Å². The summed E-state index contributed by atoms with van der Waals surface area (Å²) in [6.07, 6.45) is -3.02. The molecule has 7 nitrogen and oxygen atoms in total. The van der Waals surface area contributed by atoms with Crippen LogP contribution in [-0.4, -0.2) is 41.7 Å². The van der Waals surface area contributed by atoms with E-state index in [1.54, 1.807) is 0 Å². The van der Waals surface area contributed by atoms with Gasteiger partial charge in [-0.05, 0) is 12.1 Å². The molecule has 1 unspecified atom stereocenters. The van der Waals surface area contributed by atoms with E-state index >= 15 is 0 Å². The quantitative estimate of drug-likeness (QED) is 0.510. The van der Waals surface area contributed by atoms with Gasteiger partial charge >= 0.3 is 6.18 Å². The number of hydrogen-bond donors (Lipinski definition) is 1. The van der Waals surface area contributed by atoms with E-state index in [-0.39, 0.29) is 29.5 Å². The van der Waals surface area contributed by atoms with E-state index in [4.69, 9.17) is 20.3 Å². The van der Waals surface area contributed by atoms with E-state index in [0.29, 0.717) is 13.2 Å². The second-order valence-electron chi connectivity index (χ2n) is 5.57. The van der Waals surface area contributed by atoms with Crippen molar-refractivity contribution in [1.29, 1.82) is 5.26 Å². The van der Waals surface area contributed by atoms with Crippen molar-refractivity contribution in [2.45, 2.75) is 12.3 Å². The highest BCUT2D eigenvalue weighted by molar-refractivity contribution is 5.87. The minimum absolute atomic E-state index is 0.0348. The molecule has 3 rings (SSSR count). The second-order valence-corrected chi connectivity index (χ2v) is 5.57. The van der Waals surface area contributed by atoms with Gasteiger partial charge in [0.1, 0.15) is 17.6 Å². The maximum atomic E-state index is 12.8. The Bertz CT molecular complexity index is 856. The molecule has 0 spiro atoms. The Morgan fingerprint density at radius 3 is 2.92 bits per heavy atom. The summed E-state index contributed by atoms with van der Waals surface area (Å²) in [6.45, 7) is 1.07. The smallest absolute Gasteiger partial charge is 0.385 e. The molecule has 136 valence electrons. The first-order valence-electron chi connectivity index (χ1n) is 7.61. The molecule has 1 aliphatic heterocycles. The monoisotopic (exact) mass is 365 g/mol. The molecule has 0 bridgehead atoms. The van der Waals surface area contributed by atoms with Crippen molar-refractivity contribution in [1.82, 2.24) is 10.1 Å². The average Bonchev–Trinajstić information content (AvgIpc) is 3.09. The van der Waals surface area contributed by atoms with Crippen LogP contribution in [0.4, 0.5) is 19.1 Å². The largest absolute Gasteiger partial charge is 0.416 e. The summed E-state index contributed by atoms with van der Waals surface area (Å²) in [6, 6.07) is 6.11. The van der Waals surface area contributed by atoms with E-state index < -0.39 is 17.8 Å². The van der Waals surface area contributed by atoms with Gasteiger partial charge in [-0.25, -0.2) is 0 Å². The zero-order valence-corrected chi connectivity index (χ0v) is 13.4. The van der Waals surface area contributed by atoms with Crippen LogP contribution in [0.5, 0.6) is 0 Å². The molecule has 0 amide bonds. The lowest BCUT2D eigenvalue weighted by Crippen LogP contribution is -2.46. The highest BCUT2D eigenvalue weighted by atomic mass is 19.4. The molecule has 26 heavy (non-hydrogen) atoms. The van der Waals surface area contributed by atoms with Crippen LogP contribution in [0.1, 0.15) is 5.56 Å². The van der Waals surface area contributed by atoms with Gasteiger partial charge in [0.25, 0.3) is 5.88 Å². The van der Waals surface area contributed by atoms with Gasteiger partial charge < -0.3 is 19.9 Å². The summed E-state index contributed by atoms with van der Waals surface area (Å²) in [5.74, 6) is 0.129. The third-order valence-corrected chi connectivity index (χ3v) is 3.76. The minimum atomic E-state index is -4.45. The summed E-state index contributed by atoms with van der Waals surface area (Å²) in [4.78, 5) is 5.54. The van der Waals surface area contributed by atoms with Gasteiger partial charge in [-0.1, -0.05) is 17.3 Å². The van der Waals surface area contributed by atoms with Crippen molar-refractivity contribution in [2.75, 3.05) is 19.7 Å². The summed E-state index contributed by atoms with van der Waals surface area (Å²) in [5, 5.41) is 12.7.